The quantitative estimate of drug-likeness (QED) is 0.722. The molecule has 0 spiro atoms. The topological polar surface area (TPSA) is 61.7 Å². The van der Waals surface area contributed by atoms with Gasteiger partial charge in [-0.3, -0.25) is 0 Å². The van der Waals surface area contributed by atoms with Crippen LogP contribution in [0, 0.1) is 0 Å². The smallest absolute Gasteiger partial charge is 0.139 e. The number of nitrogens with zero attached hydrogens (tertiary/aromatic N) is 4. The van der Waals surface area contributed by atoms with E-state index in [1.54, 1.807) is 6.20 Å². The van der Waals surface area contributed by atoms with Crippen LogP contribution in [0.5, 0.6) is 0 Å². The fraction of sp³-hybridized carbons (Fsp3) is 0.200. The first-order valence-electron chi connectivity index (χ1n) is 6.66. The van der Waals surface area contributed by atoms with Crippen molar-refractivity contribution in [1.82, 2.24) is 19.1 Å². The van der Waals surface area contributed by atoms with Crippen LogP contribution in [0.15, 0.2) is 55.4 Å². The van der Waals surface area contributed by atoms with Crippen molar-refractivity contribution in [3.8, 4) is 11.4 Å². The summed E-state index contributed by atoms with van der Waals surface area (Å²) in [6.45, 7) is 1.87. The fourth-order valence-corrected chi connectivity index (χ4v) is 2.27. The van der Waals surface area contributed by atoms with Gasteiger partial charge in [-0.05, 0) is 18.6 Å². The Labute approximate surface area is 117 Å². The molecule has 0 radical (unpaired) electrons. The van der Waals surface area contributed by atoms with E-state index in [2.05, 4.69) is 19.1 Å². The number of nitrogens with two attached hydrogens (primary N) is 1. The summed E-state index contributed by atoms with van der Waals surface area (Å²) in [5.74, 6) is 0.961. The van der Waals surface area contributed by atoms with Crippen LogP contribution in [0.2, 0.25) is 0 Å². The van der Waals surface area contributed by atoms with Crippen LogP contribution in [-0.2, 0) is 13.1 Å². The number of benzene rings is 1. The minimum Gasteiger partial charge on any atom is -0.399 e. The Morgan fingerprint density at radius 1 is 1.10 bits per heavy atom. The van der Waals surface area contributed by atoms with E-state index in [9.17, 15) is 0 Å². The molecule has 0 aliphatic heterocycles. The summed E-state index contributed by atoms with van der Waals surface area (Å²) in [6.07, 6.45) is 10.5. The molecule has 0 saturated heterocycles. The van der Waals surface area contributed by atoms with Crippen LogP contribution in [-0.4, -0.2) is 19.1 Å². The Morgan fingerprint density at radius 2 is 2.05 bits per heavy atom. The average Bonchev–Trinajstić information content (AvgIpc) is 3.10. The van der Waals surface area contributed by atoms with Crippen molar-refractivity contribution in [3.05, 3.63) is 55.4 Å². The van der Waals surface area contributed by atoms with Crippen molar-refractivity contribution in [1.29, 1.82) is 0 Å². The molecule has 3 rings (SSSR count). The summed E-state index contributed by atoms with van der Waals surface area (Å²) in [5.41, 5.74) is 7.64. The van der Waals surface area contributed by atoms with Crippen molar-refractivity contribution in [3.63, 3.8) is 0 Å². The number of aryl methyl sites for hydroxylation is 2. The summed E-state index contributed by atoms with van der Waals surface area (Å²) >= 11 is 0. The van der Waals surface area contributed by atoms with Gasteiger partial charge in [-0.15, -0.1) is 0 Å². The van der Waals surface area contributed by atoms with Gasteiger partial charge in [0, 0.05) is 49.1 Å². The first kappa shape index (κ1) is 12.5. The van der Waals surface area contributed by atoms with E-state index in [4.69, 9.17) is 5.73 Å². The lowest BCUT2D eigenvalue weighted by Gasteiger charge is -2.08. The molecule has 102 valence electrons. The molecule has 2 N–H and O–H groups in total. The van der Waals surface area contributed by atoms with Crippen molar-refractivity contribution >= 4 is 5.69 Å². The molecule has 3 aromatic rings. The Bertz CT molecular complexity index is 669. The van der Waals surface area contributed by atoms with Gasteiger partial charge in [-0.2, -0.15) is 0 Å². The molecule has 5 heteroatoms. The standard InChI is InChI=1S/C15H17N5/c16-14-4-1-3-13(11-14)15-18-6-10-20(15)8-2-7-19-9-5-17-12-19/h1,3-6,9-12H,2,7-8,16H2. The number of hydrogen-bond acceptors (Lipinski definition) is 3. The molecule has 0 bridgehead atoms. The highest BCUT2D eigenvalue weighted by molar-refractivity contribution is 5.61. The van der Waals surface area contributed by atoms with Crippen LogP contribution in [0.1, 0.15) is 6.42 Å². The predicted octanol–water partition coefficient (Wildman–Crippen LogP) is 2.42. The molecule has 0 fully saturated rings. The van der Waals surface area contributed by atoms with Gasteiger partial charge < -0.3 is 14.9 Å². The second-order valence-electron chi connectivity index (χ2n) is 4.72. The third-order valence-electron chi connectivity index (χ3n) is 3.23. The Kier molecular flexibility index (Phi) is 3.50. The highest BCUT2D eigenvalue weighted by Gasteiger charge is 2.05. The van der Waals surface area contributed by atoms with Crippen LogP contribution >= 0.6 is 0 Å². The van der Waals surface area contributed by atoms with Crippen molar-refractivity contribution in [2.24, 2.45) is 0 Å². The van der Waals surface area contributed by atoms with Crippen molar-refractivity contribution < 1.29 is 0 Å². The van der Waals surface area contributed by atoms with Crippen LogP contribution in [0.3, 0.4) is 0 Å². The minimum absolute atomic E-state index is 0.760. The van der Waals surface area contributed by atoms with Crippen LogP contribution in [0.25, 0.3) is 11.4 Å². The van der Waals surface area contributed by atoms with E-state index < -0.39 is 0 Å². The van der Waals surface area contributed by atoms with Gasteiger partial charge in [0.1, 0.15) is 5.82 Å². The Morgan fingerprint density at radius 3 is 2.85 bits per heavy atom. The molecule has 0 saturated carbocycles. The van der Waals surface area contributed by atoms with Crippen LogP contribution in [0.4, 0.5) is 5.69 Å². The summed E-state index contributed by atoms with van der Waals surface area (Å²) in [4.78, 5) is 8.47. The largest absolute Gasteiger partial charge is 0.399 e. The number of aromatic nitrogens is 4. The average molecular weight is 267 g/mol. The molecule has 0 unspecified atom stereocenters. The number of imidazole rings is 2. The lowest BCUT2D eigenvalue weighted by Crippen LogP contribution is -2.04. The zero-order valence-electron chi connectivity index (χ0n) is 11.2. The van der Waals surface area contributed by atoms with Gasteiger partial charge in [0.25, 0.3) is 0 Å². The Balaban J connectivity index is 1.70. The molecule has 0 aliphatic rings. The van der Waals surface area contributed by atoms with Gasteiger partial charge in [0.15, 0.2) is 0 Å². The van der Waals surface area contributed by atoms with E-state index in [-0.39, 0.29) is 0 Å². The molecular weight excluding hydrogens is 250 g/mol. The number of hydrogen-bond donors (Lipinski definition) is 1. The maximum atomic E-state index is 5.83. The van der Waals surface area contributed by atoms with Crippen molar-refractivity contribution in [2.45, 2.75) is 19.5 Å². The van der Waals surface area contributed by atoms with Gasteiger partial charge in [-0.1, -0.05) is 12.1 Å². The van der Waals surface area contributed by atoms with Crippen LogP contribution < -0.4 is 5.73 Å². The summed E-state index contributed by atoms with van der Waals surface area (Å²) in [7, 11) is 0. The second kappa shape index (κ2) is 5.61. The maximum Gasteiger partial charge on any atom is 0.139 e. The summed E-state index contributed by atoms with van der Waals surface area (Å²) < 4.78 is 4.24. The van der Waals surface area contributed by atoms with E-state index in [1.165, 1.54) is 0 Å². The van der Waals surface area contributed by atoms with E-state index in [0.717, 1.165) is 36.6 Å². The normalized spacial score (nSPS) is 10.8. The first-order chi connectivity index (χ1) is 9.83. The molecule has 2 aromatic heterocycles. The zero-order chi connectivity index (χ0) is 13.8. The molecule has 2 heterocycles. The highest BCUT2D eigenvalue weighted by atomic mass is 15.1. The molecular formula is C15H17N5. The third-order valence-corrected chi connectivity index (χ3v) is 3.23. The monoisotopic (exact) mass is 267 g/mol. The summed E-state index contributed by atoms with van der Waals surface area (Å²) in [6, 6.07) is 7.82. The van der Waals surface area contributed by atoms with E-state index in [0.29, 0.717) is 0 Å². The first-order valence-corrected chi connectivity index (χ1v) is 6.66. The number of rotatable bonds is 5. The molecule has 5 nitrogen and oxygen atoms in total. The van der Waals surface area contributed by atoms with Crippen molar-refractivity contribution in [2.75, 3.05) is 5.73 Å². The summed E-state index contributed by atoms with van der Waals surface area (Å²) in [5, 5.41) is 0. The van der Waals surface area contributed by atoms with E-state index in [1.807, 2.05) is 49.2 Å². The molecule has 20 heavy (non-hydrogen) atoms. The molecule has 1 aromatic carbocycles. The van der Waals surface area contributed by atoms with E-state index >= 15 is 0 Å². The Hall–Kier alpha value is -2.56. The second-order valence-corrected chi connectivity index (χ2v) is 4.72. The van der Waals surface area contributed by atoms with Gasteiger partial charge in [0.2, 0.25) is 0 Å². The number of anilines is 1. The fourth-order valence-electron chi connectivity index (χ4n) is 2.27. The lowest BCUT2D eigenvalue weighted by molar-refractivity contribution is 0.566. The van der Waals surface area contributed by atoms with Gasteiger partial charge in [0.05, 0.1) is 6.33 Å². The SMILES string of the molecule is Nc1cccc(-c2nccn2CCCn2ccnc2)c1. The third kappa shape index (κ3) is 2.71. The molecule has 0 aliphatic carbocycles. The molecule has 0 atom stereocenters. The predicted molar refractivity (Wildman–Crippen MR) is 78.9 cm³/mol. The van der Waals surface area contributed by atoms with Gasteiger partial charge in [-0.25, -0.2) is 9.97 Å². The number of nitrogen functional groups attached to an aromatic ring is 1. The zero-order valence-corrected chi connectivity index (χ0v) is 11.2. The minimum atomic E-state index is 0.760. The maximum absolute atomic E-state index is 5.83. The lowest BCUT2D eigenvalue weighted by atomic mass is 10.2. The molecule has 0 amide bonds. The highest BCUT2D eigenvalue weighted by Crippen LogP contribution is 2.20. The van der Waals surface area contributed by atoms with Gasteiger partial charge >= 0.3 is 0 Å².